The van der Waals surface area contributed by atoms with Crippen molar-refractivity contribution in [1.29, 1.82) is 0 Å². The van der Waals surface area contributed by atoms with Crippen LogP contribution in [0.3, 0.4) is 0 Å². The number of aromatic nitrogens is 2. The van der Waals surface area contributed by atoms with E-state index in [0.29, 0.717) is 51.3 Å². The molecule has 2 aromatic heterocycles. The van der Waals surface area contributed by atoms with Gasteiger partial charge >= 0.3 is 35.5 Å². The monoisotopic (exact) mass is 526 g/mol. The molecule has 2 aromatic rings. The molecule has 0 fully saturated rings. The topological polar surface area (TPSA) is 104 Å². The summed E-state index contributed by atoms with van der Waals surface area (Å²) in [4.78, 5) is 20.8. The van der Waals surface area contributed by atoms with Crippen LogP contribution in [0, 0.1) is 5.92 Å². The van der Waals surface area contributed by atoms with E-state index in [1.807, 2.05) is 0 Å². The van der Waals surface area contributed by atoms with E-state index in [1.165, 1.54) is 30.8 Å². The van der Waals surface area contributed by atoms with E-state index in [0.717, 1.165) is 17.7 Å². The fourth-order valence-electron chi connectivity index (χ4n) is 2.42. The van der Waals surface area contributed by atoms with Crippen molar-refractivity contribution >= 4 is 65.2 Å². The first-order valence-corrected chi connectivity index (χ1v) is 12.2. The molecule has 2 rings (SSSR count). The van der Waals surface area contributed by atoms with Gasteiger partial charge in [0.25, 0.3) is 0 Å². The van der Waals surface area contributed by atoms with Crippen molar-refractivity contribution in [3.8, 4) is 0 Å². The van der Waals surface area contributed by atoms with Gasteiger partial charge in [0.1, 0.15) is 11.6 Å². The smallest absolute Gasteiger partial charge is 0.778 e. The van der Waals surface area contributed by atoms with Crippen LogP contribution in [0.5, 0.6) is 0 Å². The van der Waals surface area contributed by atoms with E-state index in [4.69, 9.17) is 52.0 Å². The Morgan fingerprint density at radius 2 is 1.78 bits per heavy atom. The van der Waals surface area contributed by atoms with Gasteiger partial charge in [-0.2, -0.15) is 4.90 Å². The minimum atomic E-state index is -0.152. The summed E-state index contributed by atoms with van der Waals surface area (Å²) in [7, 11) is 0. The van der Waals surface area contributed by atoms with Gasteiger partial charge in [-0.05, 0) is 18.4 Å². The van der Waals surface area contributed by atoms with Crippen LogP contribution in [-0.2, 0) is 22.2 Å². The molecule has 0 spiro atoms. The number of nitrogens with two attached hydrogens (primary N) is 2. The molecule has 0 aliphatic carbocycles. The number of halogens is 2. The first kappa shape index (κ1) is 31.5. The summed E-state index contributed by atoms with van der Waals surface area (Å²) in [6, 6.07) is 3.43. The number of unbranched alkanes of at least 4 members (excludes halogenated alkanes) is 1. The Balaban J connectivity index is 0.000000803. The molecule has 2 heterocycles. The molecule has 11 heteroatoms. The van der Waals surface area contributed by atoms with Crippen molar-refractivity contribution in [3.63, 3.8) is 0 Å². The Morgan fingerprint density at radius 1 is 1.16 bits per heavy atom. The summed E-state index contributed by atoms with van der Waals surface area (Å²) in [5.74, 6) is 1.56. The van der Waals surface area contributed by atoms with Gasteiger partial charge in [0.2, 0.25) is 0 Å². The standard InChI is InChI=1S/C16H25ClN2O2S.C5H5ClN2S.Na/c1-3-5-6-12(4-2)11-21-14(20)8-10-22-13-7-9-19-16(18)15(13)17;6-4-3(9)1-2-8-5(4)7;/h7,9,12H,3-6,8,10-11H2,1-2H3,(H2,18,19);1-2H,(H3,7,8,9);/q;;+1/p-1. The molecule has 0 saturated carbocycles. The maximum absolute atomic E-state index is 11.8. The molecular weight excluding hydrogens is 498 g/mol. The second-order valence-corrected chi connectivity index (χ2v) is 9.05. The van der Waals surface area contributed by atoms with E-state index in [2.05, 4.69) is 23.8 Å². The van der Waals surface area contributed by atoms with Crippen LogP contribution in [0.15, 0.2) is 34.3 Å². The number of nitrogens with zero attached hydrogens (tertiary/aromatic N) is 2. The van der Waals surface area contributed by atoms with Crippen molar-refractivity contribution in [3.05, 3.63) is 34.6 Å². The third-order valence-electron chi connectivity index (χ3n) is 4.35. The molecule has 1 unspecified atom stereocenters. The largest absolute Gasteiger partial charge is 1.00 e. The number of ether oxygens (including phenoxy) is 1. The van der Waals surface area contributed by atoms with Gasteiger partial charge in [-0.3, -0.25) is 4.79 Å². The predicted molar refractivity (Wildman–Crippen MR) is 133 cm³/mol. The Bertz CT molecular complexity index is 814. The van der Waals surface area contributed by atoms with Crippen molar-refractivity contribution in [2.24, 2.45) is 5.92 Å². The van der Waals surface area contributed by atoms with Crippen LogP contribution in [0.4, 0.5) is 11.6 Å². The SMILES string of the molecule is CCCCC(CC)COC(=O)CCSc1ccnc(N)c1Cl.Nc1nccc([S-])c1Cl.[Na+]. The Morgan fingerprint density at radius 3 is 2.34 bits per heavy atom. The first-order valence-electron chi connectivity index (χ1n) is 10.0. The van der Waals surface area contributed by atoms with E-state index in [1.54, 1.807) is 18.3 Å². The van der Waals surface area contributed by atoms with Gasteiger partial charge in [-0.1, -0.05) is 62.4 Å². The zero-order valence-corrected chi connectivity index (χ0v) is 23.9. The molecule has 6 nitrogen and oxygen atoms in total. The Labute approximate surface area is 232 Å². The van der Waals surface area contributed by atoms with Crippen LogP contribution in [0.25, 0.3) is 0 Å². The summed E-state index contributed by atoms with van der Waals surface area (Å²) < 4.78 is 5.36. The zero-order valence-electron chi connectivity index (χ0n) is 18.8. The van der Waals surface area contributed by atoms with Gasteiger partial charge in [-0.15, -0.1) is 11.8 Å². The maximum Gasteiger partial charge on any atom is 1.00 e. The van der Waals surface area contributed by atoms with Crippen molar-refractivity contribution < 1.29 is 39.1 Å². The molecule has 4 N–H and O–H groups in total. The first-order chi connectivity index (χ1) is 14.8. The van der Waals surface area contributed by atoms with E-state index in [-0.39, 0.29) is 35.5 Å². The molecule has 172 valence electrons. The van der Waals surface area contributed by atoms with E-state index >= 15 is 0 Å². The number of hydrogen-bond donors (Lipinski definition) is 2. The number of carbonyl (C=O) groups is 1. The number of pyridine rings is 2. The summed E-state index contributed by atoms with van der Waals surface area (Å²) in [6.45, 7) is 4.84. The second-order valence-electron chi connectivity index (χ2n) is 6.71. The number of esters is 1. The summed E-state index contributed by atoms with van der Waals surface area (Å²) >= 11 is 17.9. The van der Waals surface area contributed by atoms with Gasteiger partial charge in [0.05, 0.1) is 23.1 Å². The van der Waals surface area contributed by atoms with Crippen LogP contribution < -0.4 is 41.0 Å². The Hall–Kier alpha value is -0.480. The zero-order chi connectivity index (χ0) is 23.2. The molecule has 0 saturated heterocycles. The van der Waals surface area contributed by atoms with Gasteiger partial charge < -0.3 is 28.8 Å². The summed E-state index contributed by atoms with van der Waals surface area (Å²) in [5.41, 5.74) is 11.0. The average Bonchev–Trinajstić information content (AvgIpc) is 2.75. The van der Waals surface area contributed by atoms with Gasteiger partial charge in [-0.25, -0.2) is 9.97 Å². The number of hydrogen-bond acceptors (Lipinski definition) is 8. The quantitative estimate of drug-likeness (QED) is 0.211. The molecule has 0 amide bonds. The number of nitrogen functional groups attached to an aromatic ring is 2. The molecule has 0 aliphatic rings. The minimum absolute atomic E-state index is 0. The van der Waals surface area contributed by atoms with Crippen molar-refractivity contribution in [2.75, 3.05) is 23.8 Å². The number of carbonyl (C=O) groups excluding carboxylic acids is 1. The molecule has 0 aromatic carbocycles. The third kappa shape index (κ3) is 12.1. The van der Waals surface area contributed by atoms with E-state index < -0.39 is 0 Å². The molecule has 32 heavy (non-hydrogen) atoms. The predicted octanol–water partition coefficient (Wildman–Crippen LogP) is 2.79. The van der Waals surface area contributed by atoms with Crippen LogP contribution in [0.1, 0.15) is 46.0 Å². The normalized spacial score (nSPS) is 11.0. The van der Waals surface area contributed by atoms with Gasteiger partial charge in [0, 0.05) is 23.0 Å². The second kappa shape index (κ2) is 17.9. The minimum Gasteiger partial charge on any atom is -0.778 e. The van der Waals surface area contributed by atoms with Gasteiger partial charge in [0.15, 0.2) is 0 Å². The molecular formula is C21H29Cl2N4NaO2S2. The summed E-state index contributed by atoms with van der Waals surface area (Å²) in [5, 5.41) is 0.818. The van der Waals surface area contributed by atoms with E-state index in [9.17, 15) is 4.79 Å². The van der Waals surface area contributed by atoms with Crippen LogP contribution in [-0.4, -0.2) is 28.3 Å². The number of anilines is 2. The average molecular weight is 528 g/mol. The third-order valence-corrected chi connectivity index (χ3v) is 6.77. The van der Waals surface area contributed by atoms with Crippen LogP contribution in [0.2, 0.25) is 10.0 Å². The Kier molecular flexibility index (Phi) is 17.7. The van der Waals surface area contributed by atoms with Crippen LogP contribution >= 0.6 is 35.0 Å². The molecule has 0 radical (unpaired) electrons. The van der Waals surface area contributed by atoms with Crippen molar-refractivity contribution in [1.82, 2.24) is 9.97 Å². The number of thioether (sulfide) groups is 1. The summed E-state index contributed by atoms with van der Waals surface area (Å²) in [6.07, 6.45) is 8.05. The molecule has 0 bridgehead atoms. The fraction of sp³-hybridized carbons (Fsp3) is 0.476. The fourth-order valence-corrected chi connectivity index (χ4v) is 3.85. The molecule has 0 aliphatic heterocycles. The number of rotatable bonds is 10. The van der Waals surface area contributed by atoms with Crippen molar-refractivity contribution in [2.45, 2.75) is 55.7 Å². The maximum atomic E-state index is 11.8. The molecule has 1 atom stereocenters.